The molecule has 8 heteroatoms. The lowest BCUT2D eigenvalue weighted by atomic mass is 10.2. The predicted octanol–water partition coefficient (Wildman–Crippen LogP) is 3.93. The topological polar surface area (TPSA) is 89.7 Å². The van der Waals surface area contributed by atoms with Crippen LogP contribution >= 0.6 is 23.2 Å². The first-order chi connectivity index (χ1) is 9.41. The van der Waals surface area contributed by atoms with Gasteiger partial charge in [0.15, 0.2) is 5.75 Å². The van der Waals surface area contributed by atoms with Crippen LogP contribution in [0, 0.1) is 10.1 Å². The minimum absolute atomic E-state index is 0.0580. The van der Waals surface area contributed by atoms with Crippen LogP contribution in [0.3, 0.4) is 0 Å². The Hall–Kier alpha value is -1.53. The van der Waals surface area contributed by atoms with Crippen molar-refractivity contribution in [3.63, 3.8) is 0 Å². The standard InChI is InChI=1S/C12H13Cl2NO5/c13-8-6-10(15(18)19)11(7-9(8)14)20-5-3-1-2-4-12(16)17/h6-7H,1-5H2,(H,16,17). The van der Waals surface area contributed by atoms with Crippen LogP contribution in [0.4, 0.5) is 5.69 Å². The van der Waals surface area contributed by atoms with Gasteiger partial charge in [0.2, 0.25) is 0 Å². The van der Waals surface area contributed by atoms with Crippen LogP contribution in [0.15, 0.2) is 12.1 Å². The Morgan fingerprint density at radius 1 is 1.25 bits per heavy atom. The van der Waals surface area contributed by atoms with E-state index in [1.54, 1.807) is 0 Å². The second-order valence-electron chi connectivity index (χ2n) is 4.04. The second kappa shape index (κ2) is 7.91. The number of hydrogen-bond acceptors (Lipinski definition) is 4. The number of hydrogen-bond donors (Lipinski definition) is 1. The Bertz CT molecular complexity index is 507. The number of nitrogens with zero attached hydrogens (tertiary/aromatic N) is 1. The van der Waals surface area contributed by atoms with Crippen LogP contribution in [0.1, 0.15) is 25.7 Å². The fourth-order valence-corrected chi connectivity index (χ4v) is 1.83. The van der Waals surface area contributed by atoms with Crippen molar-refractivity contribution in [2.45, 2.75) is 25.7 Å². The van der Waals surface area contributed by atoms with E-state index in [-0.39, 0.29) is 34.5 Å². The van der Waals surface area contributed by atoms with Crippen molar-refractivity contribution in [1.82, 2.24) is 0 Å². The normalized spacial score (nSPS) is 10.3. The quantitative estimate of drug-likeness (QED) is 0.445. The third-order valence-electron chi connectivity index (χ3n) is 2.49. The van der Waals surface area contributed by atoms with E-state index in [1.807, 2.05) is 0 Å². The molecule has 20 heavy (non-hydrogen) atoms. The fraction of sp³-hybridized carbons (Fsp3) is 0.417. The van der Waals surface area contributed by atoms with Gasteiger partial charge in [0.05, 0.1) is 21.6 Å². The van der Waals surface area contributed by atoms with Crippen molar-refractivity contribution in [3.8, 4) is 5.75 Å². The average molecular weight is 322 g/mol. The van der Waals surface area contributed by atoms with Crippen molar-refractivity contribution in [1.29, 1.82) is 0 Å². The monoisotopic (exact) mass is 321 g/mol. The molecule has 0 saturated carbocycles. The summed E-state index contributed by atoms with van der Waals surface area (Å²) < 4.78 is 5.31. The molecular formula is C12H13Cl2NO5. The maximum absolute atomic E-state index is 10.9. The van der Waals surface area contributed by atoms with Crippen LogP contribution in [-0.4, -0.2) is 22.6 Å². The van der Waals surface area contributed by atoms with E-state index in [0.717, 1.165) is 6.07 Å². The van der Waals surface area contributed by atoms with Gasteiger partial charge in [-0.3, -0.25) is 14.9 Å². The Morgan fingerprint density at radius 3 is 2.50 bits per heavy atom. The number of halogens is 2. The highest BCUT2D eigenvalue weighted by atomic mass is 35.5. The van der Waals surface area contributed by atoms with Crippen molar-refractivity contribution in [3.05, 3.63) is 32.3 Å². The van der Waals surface area contributed by atoms with Gasteiger partial charge in [0, 0.05) is 18.6 Å². The number of benzene rings is 1. The largest absolute Gasteiger partial charge is 0.487 e. The van der Waals surface area contributed by atoms with Crippen molar-refractivity contribution < 1.29 is 19.6 Å². The molecular weight excluding hydrogens is 309 g/mol. The van der Waals surface area contributed by atoms with Gasteiger partial charge in [-0.05, 0) is 19.3 Å². The molecule has 0 aliphatic carbocycles. The first-order valence-corrected chi connectivity index (χ1v) is 6.65. The molecule has 0 heterocycles. The third kappa shape index (κ3) is 5.22. The Morgan fingerprint density at radius 2 is 1.90 bits per heavy atom. The van der Waals surface area contributed by atoms with Crippen LogP contribution in [-0.2, 0) is 4.79 Å². The summed E-state index contributed by atoms with van der Waals surface area (Å²) in [4.78, 5) is 20.6. The molecule has 0 spiro atoms. The summed E-state index contributed by atoms with van der Waals surface area (Å²) in [5.74, 6) is -0.784. The van der Waals surface area contributed by atoms with Gasteiger partial charge in [-0.15, -0.1) is 0 Å². The lowest BCUT2D eigenvalue weighted by molar-refractivity contribution is -0.385. The summed E-state index contributed by atoms with van der Waals surface area (Å²) in [6.45, 7) is 0.248. The predicted molar refractivity (Wildman–Crippen MR) is 74.7 cm³/mol. The fourth-order valence-electron chi connectivity index (χ4n) is 1.51. The van der Waals surface area contributed by atoms with Crippen LogP contribution < -0.4 is 4.74 Å². The number of aliphatic carboxylic acids is 1. The van der Waals surface area contributed by atoms with E-state index in [4.69, 9.17) is 33.0 Å². The SMILES string of the molecule is O=C(O)CCCCCOc1cc(Cl)c(Cl)cc1[N+](=O)[O-]. The molecule has 0 amide bonds. The molecule has 0 atom stereocenters. The minimum Gasteiger partial charge on any atom is -0.487 e. The molecule has 1 N–H and O–H groups in total. The number of ether oxygens (including phenoxy) is 1. The first-order valence-electron chi connectivity index (χ1n) is 5.90. The molecule has 110 valence electrons. The number of carbonyl (C=O) groups is 1. The molecule has 0 aliphatic heterocycles. The number of rotatable bonds is 8. The van der Waals surface area contributed by atoms with Gasteiger partial charge in [-0.25, -0.2) is 0 Å². The van der Waals surface area contributed by atoms with Crippen molar-refractivity contribution in [2.24, 2.45) is 0 Å². The van der Waals surface area contributed by atoms with E-state index < -0.39 is 10.9 Å². The van der Waals surface area contributed by atoms with Gasteiger partial charge in [0.25, 0.3) is 0 Å². The van der Waals surface area contributed by atoms with E-state index >= 15 is 0 Å². The maximum Gasteiger partial charge on any atom is 0.312 e. The second-order valence-corrected chi connectivity index (χ2v) is 4.86. The van der Waals surface area contributed by atoms with E-state index in [0.29, 0.717) is 19.3 Å². The maximum atomic E-state index is 10.9. The highest BCUT2D eigenvalue weighted by molar-refractivity contribution is 6.42. The van der Waals surface area contributed by atoms with Gasteiger partial charge in [0.1, 0.15) is 0 Å². The summed E-state index contributed by atoms with van der Waals surface area (Å²) in [6, 6.07) is 2.45. The Balaban J connectivity index is 2.53. The van der Waals surface area contributed by atoms with E-state index in [2.05, 4.69) is 0 Å². The zero-order valence-corrected chi connectivity index (χ0v) is 12.0. The molecule has 6 nitrogen and oxygen atoms in total. The number of carboxylic acids is 1. The summed E-state index contributed by atoms with van der Waals surface area (Å²) in [5.41, 5.74) is -0.245. The highest BCUT2D eigenvalue weighted by Gasteiger charge is 2.18. The van der Waals surface area contributed by atoms with Crippen LogP contribution in [0.2, 0.25) is 10.0 Å². The van der Waals surface area contributed by atoms with Crippen LogP contribution in [0.25, 0.3) is 0 Å². The molecule has 0 fully saturated rings. The molecule has 1 rings (SSSR count). The lowest BCUT2D eigenvalue weighted by Crippen LogP contribution is -2.01. The summed E-state index contributed by atoms with van der Waals surface area (Å²) in [5, 5.41) is 19.6. The average Bonchev–Trinajstić information content (AvgIpc) is 2.36. The zero-order valence-electron chi connectivity index (χ0n) is 10.5. The molecule has 0 aromatic heterocycles. The van der Waals surface area contributed by atoms with Gasteiger partial charge in [-0.1, -0.05) is 23.2 Å². The molecule has 0 unspecified atom stereocenters. The summed E-state index contributed by atoms with van der Waals surface area (Å²) in [6.07, 6.45) is 1.92. The smallest absolute Gasteiger partial charge is 0.312 e. The zero-order chi connectivity index (χ0) is 15.1. The molecule has 0 saturated heterocycles. The van der Waals surface area contributed by atoms with Crippen molar-refractivity contribution >= 4 is 34.9 Å². The molecule has 0 aliphatic rings. The third-order valence-corrected chi connectivity index (χ3v) is 3.21. The number of nitro benzene ring substituents is 1. The van der Waals surface area contributed by atoms with Crippen LogP contribution in [0.5, 0.6) is 5.75 Å². The lowest BCUT2D eigenvalue weighted by Gasteiger charge is -2.07. The van der Waals surface area contributed by atoms with E-state index in [1.165, 1.54) is 6.07 Å². The Kier molecular flexibility index (Phi) is 6.54. The number of nitro groups is 1. The minimum atomic E-state index is -0.842. The Labute approximate surface area is 125 Å². The number of unbranched alkanes of at least 4 members (excludes halogenated alkanes) is 2. The van der Waals surface area contributed by atoms with Crippen molar-refractivity contribution in [2.75, 3.05) is 6.61 Å². The number of carboxylic acid groups (broad SMARTS) is 1. The first kappa shape index (κ1) is 16.5. The van der Waals surface area contributed by atoms with E-state index in [9.17, 15) is 14.9 Å². The summed E-state index contributed by atoms with van der Waals surface area (Å²) >= 11 is 11.5. The molecule has 1 aromatic rings. The summed E-state index contributed by atoms with van der Waals surface area (Å²) in [7, 11) is 0. The molecule has 1 aromatic carbocycles. The van der Waals surface area contributed by atoms with Gasteiger partial charge in [-0.2, -0.15) is 0 Å². The van der Waals surface area contributed by atoms with Gasteiger partial charge >= 0.3 is 11.7 Å². The molecule has 0 bridgehead atoms. The highest BCUT2D eigenvalue weighted by Crippen LogP contribution is 2.35. The molecule has 0 radical (unpaired) electrons. The van der Waals surface area contributed by atoms with Gasteiger partial charge < -0.3 is 9.84 Å².